The Morgan fingerprint density at radius 3 is 2.63 bits per heavy atom. The van der Waals surface area contributed by atoms with Crippen molar-refractivity contribution < 1.29 is 28.3 Å². The van der Waals surface area contributed by atoms with Crippen molar-refractivity contribution in [3.8, 4) is 0 Å². The number of hydrogen-bond acceptors (Lipinski definition) is 6. The number of aromatic nitrogens is 1. The Kier molecular flexibility index (Phi) is 6.66. The SMILES string of the molecule is CC1(C)OCC[C@H](Cn2c(C(C)(C)C(=O)OCc3ccccc3)cc3cc([N+](=O)[O-])c(F)cc32)O1. The van der Waals surface area contributed by atoms with Crippen molar-refractivity contribution in [2.75, 3.05) is 6.61 Å². The molecule has 1 fully saturated rings. The predicted octanol–water partition coefficient (Wildman–Crippen LogP) is 5.25. The lowest BCUT2D eigenvalue weighted by atomic mass is 9.89. The maximum Gasteiger partial charge on any atom is 0.317 e. The third-order valence-corrected chi connectivity index (χ3v) is 6.26. The van der Waals surface area contributed by atoms with E-state index < -0.39 is 33.6 Å². The first kappa shape index (κ1) is 24.8. The second-order valence-electron chi connectivity index (χ2n) is 9.72. The minimum atomic E-state index is -1.13. The quantitative estimate of drug-likeness (QED) is 0.258. The van der Waals surface area contributed by atoms with Crippen LogP contribution in [0, 0.1) is 15.9 Å². The van der Waals surface area contributed by atoms with Gasteiger partial charge in [-0.25, -0.2) is 0 Å². The second-order valence-corrected chi connectivity index (χ2v) is 9.72. The normalized spacial score (nSPS) is 17.9. The van der Waals surface area contributed by atoms with E-state index in [1.54, 1.807) is 24.5 Å². The van der Waals surface area contributed by atoms with Gasteiger partial charge in [-0.05, 0) is 45.7 Å². The number of hydrogen-bond donors (Lipinski definition) is 0. The summed E-state index contributed by atoms with van der Waals surface area (Å²) in [6, 6.07) is 13.4. The van der Waals surface area contributed by atoms with Crippen LogP contribution in [0.5, 0.6) is 0 Å². The van der Waals surface area contributed by atoms with Gasteiger partial charge in [0.05, 0.1) is 23.2 Å². The molecule has 0 bridgehead atoms. The molecule has 1 aromatic heterocycles. The number of fused-ring (bicyclic) bond motifs is 1. The second kappa shape index (κ2) is 9.39. The van der Waals surface area contributed by atoms with Gasteiger partial charge < -0.3 is 18.8 Å². The van der Waals surface area contributed by atoms with Gasteiger partial charge in [-0.15, -0.1) is 0 Å². The first-order chi connectivity index (χ1) is 16.5. The van der Waals surface area contributed by atoms with Gasteiger partial charge in [0.25, 0.3) is 0 Å². The lowest BCUT2D eigenvalue weighted by molar-refractivity contribution is -0.387. The van der Waals surface area contributed by atoms with E-state index in [2.05, 4.69) is 0 Å². The van der Waals surface area contributed by atoms with Crippen molar-refractivity contribution in [3.63, 3.8) is 0 Å². The van der Waals surface area contributed by atoms with Gasteiger partial charge in [0.15, 0.2) is 5.79 Å². The molecule has 0 aliphatic carbocycles. The number of carbonyl (C=O) groups is 1. The maximum atomic E-state index is 14.6. The van der Waals surface area contributed by atoms with Crippen LogP contribution < -0.4 is 0 Å². The highest BCUT2D eigenvalue weighted by atomic mass is 19.1. The van der Waals surface area contributed by atoms with Crippen LogP contribution in [0.15, 0.2) is 48.5 Å². The minimum Gasteiger partial charge on any atom is -0.460 e. The van der Waals surface area contributed by atoms with E-state index in [9.17, 15) is 19.3 Å². The Balaban J connectivity index is 1.73. The van der Waals surface area contributed by atoms with Gasteiger partial charge in [0.1, 0.15) is 12.0 Å². The van der Waals surface area contributed by atoms with Crippen LogP contribution in [-0.4, -0.2) is 34.0 Å². The van der Waals surface area contributed by atoms with E-state index in [-0.39, 0.29) is 12.7 Å². The molecule has 0 unspecified atom stereocenters. The number of esters is 1. The number of carbonyl (C=O) groups excluding carboxylic acids is 1. The fraction of sp³-hybridized carbons (Fsp3) is 0.423. The zero-order valence-corrected chi connectivity index (χ0v) is 20.2. The number of rotatable bonds is 7. The molecule has 2 heterocycles. The Morgan fingerprint density at radius 2 is 1.97 bits per heavy atom. The largest absolute Gasteiger partial charge is 0.460 e. The van der Waals surface area contributed by atoms with E-state index in [1.165, 1.54) is 6.07 Å². The summed E-state index contributed by atoms with van der Waals surface area (Å²) in [6.45, 7) is 8.02. The molecule has 9 heteroatoms. The molecule has 0 saturated carbocycles. The summed E-state index contributed by atoms with van der Waals surface area (Å²) in [7, 11) is 0. The van der Waals surface area contributed by atoms with Crippen molar-refractivity contribution >= 4 is 22.6 Å². The average molecular weight is 485 g/mol. The molecule has 1 atom stereocenters. The van der Waals surface area contributed by atoms with Gasteiger partial charge in [-0.3, -0.25) is 14.9 Å². The summed E-state index contributed by atoms with van der Waals surface area (Å²) in [4.78, 5) is 23.8. The van der Waals surface area contributed by atoms with Gasteiger partial charge in [0.2, 0.25) is 5.82 Å². The zero-order chi connectivity index (χ0) is 25.4. The molecule has 1 aliphatic heterocycles. The Morgan fingerprint density at radius 1 is 1.26 bits per heavy atom. The summed E-state index contributed by atoms with van der Waals surface area (Å²) < 4.78 is 33.7. The van der Waals surface area contributed by atoms with E-state index in [4.69, 9.17) is 14.2 Å². The van der Waals surface area contributed by atoms with E-state index in [1.807, 2.05) is 44.2 Å². The fourth-order valence-electron chi connectivity index (χ4n) is 4.40. The Labute approximate surface area is 202 Å². The third-order valence-electron chi connectivity index (χ3n) is 6.26. The molecule has 0 N–H and O–H groups in total. The first-order valence-electron chi connectivity index (χ1n) is 11.5. The summed E-state index contributed by atoms with van der Waals surface area (Å²) in [5, 5.41) is 11.8. The first-order valence-corrected chi connectivity index (χ1v) is 11.5. The lowest BCUT2D eigenvalue weighted by Crippen LogP contribution is -2.42. The van der Waals surface area contributed by atoms with E-state index >= 15 is 0 Å². The maximum absolute atomic E-state index is 14.6. The molecule has 0 amide bonds. The topological polar surface area (TPSA) is 92.8 Å². The lowest BCUT2D eigenvalue weighted by Gasteiger charge is -2.37. The standard InChI is InChI=1S/C26H29FN2O6/c1-25(2,24(30)33-16-17-8-6-5-7-9-17)23-13-18-12-22(29(31)32)20(27)14-21(18)28(23)15-19-10-11-34-26(3,4)35-19/h5-9,12-14,19H,10-11,15-16H2,1-4H3/t19-/m1/s1. The van der Waals surface area contributed by atoms with Gasteiger partial charge in [-0.1, -0.05) is 30.3 Å². The zero-order valence-electron chi connectivity index (χ0n) is 20.2. The number of nitro groups is 1. The molecule has 3 aromatic rings. The van der Waals surface area contributed by atoms with Crippen molar-refractivity contribution in [3.05, 3.63) is 75.7 Å². The molecule has 1 aliphatic rings. The van der Waals surface area contributed by atoms with E-state index in [0.717, 1.165) is 11.6 Å². The Bertz CT molecular complexity index is 1250. The number of nitrogens with zero attached hydrogens (tertiary/aromatic N) is 2. The predicted molar refractivity (Wildman–Crippen MR) is 127 cm³/mol. The van der Waals surface area contributed by atoms with Crippen LogP contribution in [0.2, 0.25) is 0 Å². The van der Waals surface area contributed by atoms with Gasteiger partial charge >= 0.3 is 11.7 Å². The van der Waals surface area contributed by atoms with E-state index in [0.29, 0.717) is 36.2 Å². The molecular weight excluding hydrogens is 455 g/mol. The summed E-state index contributed by atoms with van der Waals surface area (Å²) >= 11 is 0. The smallest absolute Gasteiger partial charge is 0.317 e. The van der Waals surface area contributed by atoms with Crippen LogP contribution in [0.4, 0.5) is 10.1 Å². The van der Waals surface area contributed by atoms with Crippen molar-refractivity contribution in [1.29, 1.82) is 0 Å². The van der Waals surface area contributed by atoms with Crippen LogP contribution in [-0.2, 0) is 37.6 Å². The minimum absolute atomic E-state index is 0.112. The highest BCUT2D eigenvalue weighted by molar-refractivity contribution is 5.88. The molecule has 4 rings (SSSR count). The van der Waals surface area contributed by atoms with Gasteiger partial charge in [0, 0.05) is 29.8 Å². The van der Waals surface area contributed by atoms with Crippen molar-refractivity contribution in [2.24, 2.45) is 0 Å². The van der Waals surface area contributed by atoms with Crippen LogP contribution >= 0.6 is 0 Å². The molecule has 1 saturated heterocycles. The molecule has 0 spiro atoms. The third kappa shape index (κ3) is 5.21. The summed E-state index contributed by atoms with van der Waals surface area (Å²) in [5.41, 5.74) is 0.111. The molecule has 8 nitrogen and oxygen atoms in total. The van der Waals surface area contributed by atoms with Crippen LogP contribution in [0.1, 0.15) is 45.4 Å². The number of ether oxygens (including phenoxy) is 3. The molecule has 0 radical (unpaired) electrons. The molecule has 186 valence electrons. The average Bonchev–Trinajstić information content (AvgIpc) is 3.14. The van der Waals surface area contributed by atoms with Crippen molar-refractivity contribution in [2.45, 2.75) is 64.6 Å². The number of nitro benzene ring substituents is 1. The van der Waals surface area contributed by atoms with Crippen LogP contribution in [0.25, 0.3) is 10.9 Å². The molecular formula is C26H29FN2O6. The number of halogens is 1. The number of benzene rings is 2. The summed E-state index contributed by atoms with van der Waals surface area (Å²) in [6.07, 6.45) is 0.346. The Hall–Kier alpha value is -3.30. The highest BCUT2D eigenvalue weighted by Gasteiger charge is 2.37. The van der Waals surface area contributed by atoms with Gasteiger partial charge in [-0.2, -0.15) is 4.39 Å². The highest BCUT2D eigenvalue weighted by Crippen LogP contribution is 2.35. The van der Waals surface area contributed by atoms with Crippen molar-refractivity contribution in [1.82, 2.24) is 4.57 Å². The monoisotopic (exact) mass is 484 g/mol. The summed E-state index contributed by atoms with van der Waals surface area (Å²) in [5.74, 6) is -2.18. The fourth-order valence-corrected chi connectivity index (χ4v) is 4.40. The molecule has 35 heavy (non-hydrogen) atoms. The molecule has 2 aromatic carbocycles. The van der Waals surface area contributed by atoms with Crippen LogP contribution in [0.3, 0.4) is 0 Å².